The van der Waals surface area contributed by atoms with Crippen molar-refractivity contribution >= 4 is 0 Å². The van der Waals surface area contributed by atoms with E-state index in [1.807, 2.05) is 12.1 Å². The Labute approximate surface area is 91.4 Å². The Morgan fingerprint density at radius 2 is 2.53 bits per heavy atom. The van der Waals surface area contributed by atoms with E-state index in [0.29, 0.717) is 6.04 Å². The van der Waals surface area contributed by atoms with Gasteiger partial charge in [0.05, 0.1) is 12.3 Å². The first-order chi connectivity index (χ1) is 7.27. The molecule has 0 aromatic carbocycles. The second kappa shape index (κ2) is 4.81. The van der Waals surface area contributed by atoms with Crippen molar-refractivity contribution in [3.8, 4) is 0 Å². The summed E-state index contributed by atoms with van der Waals surface area (Å²) < 4.78 is 5.42. The van der Waals surface area contributed by atoms with Crippen LogP contribution in [0.25, 0.3) is 0 Å². The van der Waals surface area contributed by atoms with E-state index in [1.54, 1.807) is 6.26 Å². The second-order valence-electron chi connectivity index (χ2n) is 4.49. The normalized spacial score (nSPS) is 23.5. The predicted octanol–water partition coefficient (Wildman–Crippen LogP) is 1.88. The van der Waals surface area contributed by atoms with Crippen LogP contribution in [0, 0.1) is 5.92 Å². The van der Waals surface area contributed by atoms with Crippen LogP contribution < -0.4 is 5.32 Å². The molecule has 1 aliphatic rings. The van der Waals surface area contributed by atoms with Crippen molar-refractivity contribution in [3.05, 3.63) is 24.2 Å². The van der Waals surface area contributed by atoms with E-state index in [0.717, 1.165) is 24.8 Å². The first-order valence-electron chi connectivity index (χ1n) is 5.71. The van der Waals surface area contributed by atoms with Gasteiger partial charge in [0.15, 0.2) is 0 Å². The molecule has 15 heavy (non-hydrogen) atoms. The number of nitrogens with zero attached hydrogens (tertiary/aromatic N) is 1. The zero-order chi connectivity index (χ0) is 10.7. The first kappa shape index (κ1) is 10.7. The molecule has 1 aromatic rings. The van der Waals surface area contributed by atoms with Crippen LogP contribution in [-0.2, 0) is 0 Å². The van der Waals surface area contributed by atoms with Gasteiger partial charge in [-0.05, 0) is 51.5 Å². The third-order valence-electron chi connectivity index (χ3n) is 3.32. The van der Waals surface area contributed by atoms with Crippen LogP contribution in [-0.4, -0.2) is 31.6 Å². The summed E-state index contributed by atoms with van der Waals surface area (Å²) in [6, 6.07) is 4.38. The molecule has 2 atom stereocenters. The van der Waals surface area contributed by atoms with Crippen molar-refractivity contribution in [1.82, 2.24) is 10.2 Å². The highest BCUT2D eigenvalue weighted by Gasteiger charge is 2.20. The fourth-order valence-electron chi connectivity index (χ4n) is 2.18. The van der Waals surface area contributed by atoms with Crippen LogP contribution in [0.1, 0.15) is 25.1 Å². The molecule has 0 unspecified atom stereocenters. The summed E-state index contributed by atoms with van der Waals surface area (Å²) >= 11 is 0. The van der Waals surface area contributed by atoms with Crippen molar-refractivity contribution in [2.45, 2.75) is 19.4 Å². The average molecular weight is 208 g/mol. The molecule has 1 aliphatic heterocycles. The van der Waals surface area contributed by atoms with E-state index in [-0.39, 0.29) is 0 Å². The summed E-state index contributed by atoms with van der Waals surface area (Å²) in [4.78, 5) is 2.37. The van der Waals surface area contributed by atoms with E-state index in [4.69, 9.17) is 4.42 Å². The summed E-state index contributed by atoms with van der Waals surface area (Å²) in [6.07, 6.45) is 3.05. The van der Waals surface area contributed by atoms with Gasteiger partial charge in [-0.3, -0.25) is 4.90 Å². The minimum Gasteiger partial charge on any atom is -0.468 e. The molecule has 0 radical (unpaired) electrons. The summed E-state index contributed by atoms with van der Waals surface area (Å²) in [5, 5.41) is 3.40. The lowest BCUT2D eigenvalue weighted by molar-refractivity contribution is 0.203. The maximum absolute atomic E-state index is 5.42. The molecule has 0 aliphatic carbocycles. The van der Waals surface area contributed by atoms with Gasteiger partial charge in [0.25, 0.3) is 0 Å². The summed E-state index contributed by atoms with van der Waals surface area (Å²) in [5.41, 5.74) is 0. The Balaban J connectivity index is 1.87. The summed E-state index contributed by atoms with van der Waals surface area (Å²) in [6.45, 7) is 5.68. The van der Waals surface area contributed by atoms with Gasteiger partial charge in [0.1, 0.15) is 5.76 Å². The van der Waals surface area contributed by atoms with E-state index < -0.39 is 0 Å². The molecule has 3 heteroatoms. The van der Waals surface area contributed by atoms with Gasteiger partial charge < -0.3 is 9.73 Å². The van der Waals surface area contributed by atoms with Crippen LogP contribution in [0.5, 0.6) is 0 Å². The average Bonchev–Trinajstić information content (AvgIpc) is 2.88. The van der Waals surface area contributed by atoms with E-state index in [2.05, 4.69) is 24.2 Å². The standard InChI is InChI=1S/C12H20N2O/c1-10(12-4-3-7-15-12)14(2)9-11-5-6-13-8-11/h3-4,7,10-11,13H,5-6,8-9H2,1-2H3/t10-,11+/m1/s1. The number of nitrogens with one attached hydrogen (secondary N) is 1. The van der Waals surface area contributed by atoms with Gasteiger partial charge in [0.2, 0.25) is 0 Å². The number of hydrogen-bond acceptors (Lipinski definition) is 3. The summed E-state index contributed by atoms with van der Waals surface area (Å²) in [7, 11) is 2.17. The Morgan fingerprint density at radius 1 is 1.67 bits per heavy atom. The van der Waals surface area contributed by atoms with Crippen molar-refractivity contribution < 1.29 is 4.42 Å². The smallest absolute Gasteiger partial charge is 0.120 e. The van der Waals surface area contributed by atoms with Crippen molar-refractivity contribution in [3.63, 3.8) is 0 Å². The van der Waals surface area contributed by atoms with Crippen LogP contribution in [0.2, 0.25) is 0 Å². The molecule has 2 rings (SSSR count). The van der Waals surface area contributed by atoms with Crippen molar-refractivity contribution in [2.75, 3.05) is 26.7 Å². The van der Waals surface area contributed by atoms with Crippen molar-refractivity contribution in [2.24, 2.45) is 5.92 Å². The Morgan fingerprint density at radius 3 is 3.13 bits per heavy atom. The minimum atomic E-state index is 0.376. The number of rotatable bonds is 4. The molecule has 0 spiro atoms. The Hall–Kier alpha value is -0.800. The van der Waals surface area contributed by atoms with Gasteiger partial charge in [0, 0.05) is 6.54 Å². The SMILES string of the molecule is C[C@H](c1ccco1)N(C)C[C@H]1CCNC1. The molecule has 1 N–H and O–H groups in total. The highest BCUT2D eigenvalue weighted by molar-refractivity contribution is 5.03. The highest BCUT2D eigenvalue weighted by atomic mass is 16.3. The van der Waals surface area contributed by atoms with Crippen LogP contribution in [0.15, 0.2) is 22.8 Å². The molecule has 3 nitrogen and oxygen atoms in total. The topological polar surface area (TPSA) is 28.4 Å². The largest absolute Gasteiger partial charge is 0.468 e. The first-order valence-corrected chi connectivity index (χ1v) is 5.71. The van der Waals surface area contributed by atoms with E-state index in [9.17, 15) is 0 Å². The molecule has 1 saturated heterocycles. The quantitative estimate of drug-likeness (QED) is 0.819. The van der Waals surface area contributed by atoms with E-state index in [1.165, 1.54) is 13.0 Å². The lowest BCUT2D eigenvalue weighted by atomic mass is 10.1. The molecule has 0 saturated carbocycles. The van der Waals surface area contributed by atoms with Crippen LogP contribution in [0.4, 0.5) is 0 Å². The molecule has 1 fully saturated rings. The minimum absolute atomic E-state index is 0.376. The number of hydrogen-bond donors (Lipinski definition) is 1. The second-order valence-corrected chi connectivity index (χ2v) is 4.49. The fraction of sp³-hybridized carbons (Fsp3) is 0.667. The number of furan rings is 1. The molecular weight excluding hydrogens is 188 g/mol. The van der Waals surface area contributed by atoms with Crippen molar-refractivity contribution in [1.29, 1.82) is 0 Å². The van der Waals surface area contributed by atoms with Gasteiger partial charge in [-0.2, -0.15) is 0 Å². The van der Waals surface area contributed by atoms with Gasteiger partial charge in [-0.15, -0.1) is 0 Å². The maximum Gasteiger partial charge on any atom is 0.120 e. The summed E-state index contributed by atoms with van der Waals surface area (Å²) in [5.74, 6) is 1.86. The Kier molecular flexibility index (Phi) is 3.44. The zero-order valence-electron chi connectivity index (χ0n) is 9.57. The molecule has 0 amide bonds. The Bertz CT molecular complexity index is 278. The van der Waals surface area contributed by atoms with Gasteiger partial charge in [-0.25, -0.2) is 0 Å². The molecule has 1 aromatic heterocycles. The van der Waals surface area contributed by atoms with Gasteiger partial charge >= 0.3 is 0 Å². The molecule has 0 bridgehead atoms. The lowest BCUT2D eigenvalue weighted by Crippen LogP contribution is -2.29. The fourth-order valence-corrected chi connectivity index (χ4v) is 2.18. The monoisotopic (exact) mass is 208 g/mol. The molecule has 2 heterocycles. The van der Waals surface area contributed by atoms with Crippen LogP contribution in [0.3, 0.4) is 0 Å². The van der Waals surface area contributed by atoms with Gasteiger partial charge in [-0.1, -0.05) is 0 Å². The van der Waals surface area contributed by atoms with Crippen LogP contribution >= 0.6 is 0 Å². The third-order valence-corrected chi connectivity index (χ3v) is 3.32. The lowest BCUT2D eigenvalue weighted by Gasteiger charge is -2.25. The highest BCUT2D eigenvalue weighted by Crippen LogP contribution is 2.21. The maximum atomic E-state index is 5.42. The third kappa shape index (κ3) is 2.61. The van der Waals surface area contributed by atoms with E-state index >= 15 is 0 Å². The molecule has 84 valence electrons. The predicted molar refractivity (Wildman–Crippen MR) is 60.7 cm³/mol. The molecular formula is C12H20N2O. The zero-order valence-corrected chi connectivity index (χ0v) is 9.57.